The Hall–Kier alpha value is -5.56. The second-order valence-electron chi connectivity index (χ2n) is 14.4. The molecule has 0 radical (unpaired) electrons. The van der Waals surface area contributed by atoms with Crippen molar-refractivity contribution >= 4 is 58.6 Å². The molecule has 6 aromatic rings. The molecule has 0 aliphatic rings. The molecule has 0 atom stereocenters. The predicted molar refractivity (Wildman–Crippen MR) is 218 cm³/mol. The van der Waals surface area contributed by atoms with Gasteiger partial charge in [-0.2, -0.15) is 15.0 Å². The number of anilines is 4. The first-order chi connectivity index (χ1) is 24.7. The molecule has 0 aliphatic carbocycles. The highest BCUT2D eigenvalue weighted by molar-refractivity contribution is 6.12. The summed E-state index contributed by atoms with van der Waals surface area (Å²) in [4.78, 5) is 15.7. The van der Waals surface area contributed by atoms with Crippen LogP contribution in [0.5, 0.6) is 0 Å². The van der Waals surface area contributed by atoms with Crippen LogP contribution in [0.1, 0.15) is 41.5 Å². The van der Waals surface area contributed by atoms with E-state index in [4.69, 9.17) is 10.2 Å². The van der Waals surface area contributed by atoms with Crippen LogP contribution in [0.25, 0.3) is 33.3 Å². The van der Waals surface area contributed by atoms with E-state index in [1.807, 2.05) is 4.80 Å². The van der Waals surface area contributed by atoms with Crippen LogP contribution in [0, 0.1) is 17.8 Å². The summed E-state index contributed by atoms with van der Waals surface area (Å²) >= 11 is 0. The molecule has 0 bridgehead atoms. The van der Waals surface area contributed by atoms with E-state index < -0.39 is 0 Å². The van der Waals surface area contributed by atoms with Crippen LogP contribution in [0.15, 0.2) is 119 Å². The minimum atomic E-state index is 0.362. The Labute approximate surface area is 303 Å². The van der Waals surface area contributed by atoms with Crippen LogP contribution in [0.3, 0.4) is 0 Å². The third-order valence-electron chi connectivity index (χ3n) is 8.84. The number of hydrogen-bond donors (Lipinski definition) is 0. The van der Waals surface area contributed by atoms with E-state index in [0.717, 1.165) is 69.1 Å². The largest absolute Gasteiger partial charge is 0.341 e. The summed E-state index contributed by atoms with van der Waals surface area (Å²) in [6.45, 7) is 23.9. The average molecular weight is 676 g/mol. The Morgan fingerprint density at radius 3 is 1.18 bits per heavy atom. The predicted octanol–water partition coefficient (Wildman–Crippen LogP) is 11.7. The van der Waals surface area contributed by atoms with Gasteiger partial charge in [-0.25, -0.2) is 0 Å². The van der Waals surface area contributed by atoms with Gasteiger partial charge >= 0.3 is 0 Å². The maximum absolute atomic E-state index is 5.10. The lowest BCUT2D eigenvalue weighted by Crippen LogP contribution is -2.22. The molecule has 1 aromatic heterocycles. The lowest BCUT2D eigenvalue weighted by Gasteiger charge is -2.27. The maximum atomic E-state index is 5.10. The van der Waals surface area contributed by atoms with Gasteiger partial charge in [0.15, 0.2) is 0 Å². The Balaban J connectivity index is 1.50. The summed E-state index contributed by atoms with van der Waals surface area (Å²) < 4.78 is 0. The molecule has 0 saturated heterocycles. The van der Waals surface area contributed by atoms with E-state index in [1.54, 1.807) is 0 Å². The standard InChI is InChI=1S/C44H49N7/c1-30(2)27-49(35-15-11-9-12-16-35)37-23-19-33(20-24-37)39-41(45-7)42(46-8)40(44-43(39)47-51(48-44)29-32(5)6)34-21-25-38(26-22-34)50(28-31(3)4)36-17-13-10-14-18-36/h9-26,30-32H,7-8,27-29H2,1-6H3. The molecule has 5 aromatic carbocycles. The Morgan fingerprint density at radius 1 is 0.510 bits per heavy atom. The molecular weight excluding hydrogens is 627 g/mol. The highest BCUT2D eigenvalue weighted by Crippen LogP contribution is 2.50. The summed E-state index contributed by atoms with van der Waals surface area (Å²) in [6.07, 6.45) is 0. The van der Waals surface area contributed by atoms with E-state index in [-0.39, 0.29) is 0 Å². The fraction of sp³-hybridized carbons (Fsp3) is 0.273. The zero-order valence-electron chi connectivity index (χ0n) is 30.8. The Bertz CT molecular complexity index is 1930. The van der Waals surface area contributed by atoms with Gasteiger partial charge in [0.2, 0.25) is 0 Å². The van der Waals surface area contributed by atoms with Crippen molar-refractivity contribution in [2.75, 3.05) is 22.9 Å². The lowest BCUT2D eigenvalue weighted by molar-refractivity contribution is 0.442. The van der Waals surface area contributed by atoms with Crippen molar-refractivity contribution in [1.29, 1.82) is 0 Å². The minimum Gasteiger partial charge on any atom is -0.341 e. The van der Waals surface area contributed by atoms with Gasteiger partial charge in [-0.3, -0.25) is 9.98 Å². The number of aliphatic imine (C=N–C) groups is 2. The molecule has 0 fully saturated rings. The van der Waals surface area contributed by atoms with Crippen molar-refractivity contribution in [3.8, 4) is 22.3 Å². The second kappa shape index (κ2) is 15.5. The topological polar surface area (TPSA) is 61.9 Å². The van der Waals surface area contributed by atoms with Crippen molar-refractivity contribution in [1.82, 2.24) is 15.0 Å². The summed E-state index contributed by atoms with van der Waals surface area (Å²) in [5, 5.41) is 10.2. The first kappa shape index (κ1) is 35.3. The summed E-state index contributed by atoms with van der Waals surface area (Å²) in [5.41, 5.74) is 11.0. The molecule has 0 N–H and O–H groups in total. The first-order valence-electron chi connectivity index (χ1n) is 17.9. The summed E-state index contributed by atoms with van der Waals surface area (Å²) in [6, 6.07) is 38.3. The number of aromatic nitrogens is 3. The van der Waals surface area contributed by atoms with Crippen LogP contribution in [0.2, 0.25) is 0 Å². The Morgan fingerprint density at radius 2 is 0.863 bits per heavy atom. The van der Waals surface area contributed by atoms with Crippen LogP contribution < -0.4 is 9.80 Å². The zero-order chi connectivity index (χ0) is 36.1. The molecule has 0 unspecified atom stereocenters. The maximum Gasteiger partial charge on any atom is 0.124 e. The van der Waals surface area contributed by atoms with Gasteiger partial charge < -0.3 is 9.80 Å². The van der Waals surface area contributed by atoms with E-state index in [1.165, 1.54) is 0 Å². The molecule has 7 nitrogen and oxygen atoms in total. The van der Waals surface area contributed by atoms with Gasteiger partial charge in [-0.05, 0) is 90.8 Å². The molecule has 0 spiro atoms. The highest BCUT2D eigenvalue weighted by atomic mass is 15.5. The number of fused-ring (bicyclic) bond motifs is 1. The molecule has 0 saturated carbocycles. The van der Waals surface area contributed by atoms with E-state index in [2.05, 4.69) is 184 Å². The van der Waals surface area contributed by atoms with Crippen LogP contribution in [-0.2, 0) is 6.54 Å². The van der Waals surface area contributed by atoms with Gasteiger partial charge in [0.1, 0.15) is 11.0 Å². The number of benzene rings is 5. The number of para-hydroxylation sites is 2. The van der Waals surface area contributed by atoms with Crippen LogP contribution in [0.4, 0.5) is 34.1 Å². The van der Waals surface area contributed by atoms with Gasteiger partial charge in [0.05, 0.1) is 17.9 Å². The smallest absolute Gasteiger partial charge is 0.124 e. The van der Waals surface area contributed by atoms with Crippen molar-refractivity contribution in [3.05, 3.63) is 109 Å². The van der Waals surface area contributed by atoms with Crippen LogP contribution in [-0.4, -0.2) is 41.5 Å². The third kappa shape index (κ3) is 7.63. The van der Waals surface area contributed by atoms with Gasteiger partial charge in [0.25, 0.3) is 0 Å². The number of nitrogens with zero attached hydrogens (tertiary/aromatic N) is 7. The third-order valence-corrected chi connectivity index (χ3v) is 8.84. The molecule has 6 rings (SSSR count). The fourth-order valence-corrected chi connectivity index (χ4v) is 6.69. The average Bonchev–Trinajstić information content (AvgIpc) is 3.54. The first-order valence-corrected chi connectivity index (χ1v) is 17.9. The minimum absolute atomic E-state index is 0.362. The molecular formula is C44H49N7. The second-order valence-corrected chi connectivity index (χ2v) is 14.4. The van der Waals surface area contributed by atoms with Gasteiger partial charge in [0, 0.05) is 47.0 Å². The molecule has 0 aliphatic heterocycles. The van der Waals surface area contributed by atoms with E-state index >= 15 is 0 Å². The molecule has 7 heteroatoms. The van der Waals surface area contributed by atoms with E-state index in [0.29, 0.717) is 35.7 Å². The van der Waals surface area contributed by atoms with Crippen molar-refractivity contribution in [2.45, 2.75) is 48.1 Å². The highest BCUT2D eigenvalue weighted by Gasteiger charge is 2.25. The van der Waals surface area contributed by atoms with E-state index in [9.17, 15) is 0 Å². The Kier molecular flexibility index (Phi) is 10.8. The molecule has 51 heavy (non-hydrogen) atoms. The van der Waals surface area contributed by atoms with Crippen molar-refractivity contribution in [2.24, 2.45) is 27.7 Å². The zero-order valence-corrected chi connectivity index (χ0v) is 30.8. The van der Waals surface area contributed by atoms with Crippen LogP contribution >= 0.6 is 0 Å². The SMILES string of the molecule is C=Nc1c(N=C)c(-c2ccc(N(CC(C)C)c3ccccc3)cc2)c2nn(CC(C)C)nc2c1-c1ccc(N(CC(C)C)c2ccccc2)cc1. The lowest BCUT2D eigenvalue weighted by atomic mass is 9.93. The van der Waals surface area contributed by atoms with Crippen molar-refractivity contribution in [3.63, 3.8) is 0 Å². The summed E-state index contributed by atoms with van der Waals surface area (Å²) in [5.74, 6) is 1.33. The summed E-state index contributed by atoms with van der Waals surface area (Å²) in [7, 11) is 0. The molecule has 0 amide bonds. The number of rotatable bonds is 14. The number of hydrogen-bond acceptors (Lipinski definition) is 6. The fourth-order valence-electron chi connectivity index (χ4n) is 6.69. The quantitative estimate of drug-likeness (QED) is 0.108. The van der Waals surface area contributed by atoms with Crippen molar-refractivity contribution < 1.29 is 0 Å². The molecule has 260 valence electrons. The van der Waals surface area contributed by atoms with Gasteiger partial charge in [-0.1, -0.05) is 102 Å². The molecule has 1 heterocycles. The normalized spacial score (nSPS) is 11.5. The monoisotopic (exact) mass is 675 g/mol. The van der Waals surface area contributed by atoms with Gasteiger partial charge in [-0.15, -0.1) is 0 Å².